The summed E-state index contributed by atoms with van der Waals surface area (Å²) in [6.07, 6.45) is 1.17. The third kappa shape index (κ3) is 8.59. The van der Waals surface area contributed by atoms with E-state index in [9.17, 15) is 9.59 Å². The predicted molar refractivity (Wildman–Crippen MR) is 77.5 cm³/mol. The minimum Gasteiger partial charge on any atom is -0.354 e. The van der Waals surface area contributed by atoms with Gasteiger partial charge in [-0.05, 0) is 25.2 Å². The summed E-state index contributed by atoms with van der Waals surface area (Å²) >= 11 is 0. The van der Waals surface area contributed by atoms with Crippen LogP contribution in [0.1, 0.15) is 47.5 Å². The highest BCUT2D eigenvalue weighted by atomic mass is 16.2. The number of nitrogens with one attached hydrogen (secondary N) is 2. The number of hydrogen-bond acceptors (Lipinski definition) is 3. The Kier molecular flexibility index (Phi) is 8.39. The molecule has 0 aromatic rings. The van der Waals surface area contributed by atoms with Crippen molar-refractivity contribution in [1.82, 2.24) is 10.6 Å². The summed E-state index contributed by atoms with van der Waals surface area (Å²) in [5.74, 6) is 0.143. The highest BCUT2D eigenvalue weighted by molar-refractivity contribution is 5.87. The van der Waals surface area contributed by atoms with Crippen LogP contribution in [0.25, 0.3) is 0 Å². The van der Waals surface area contributed by atoms with Crippen LogP contribution >= 0.6 is 0 Å². The summed E-state index contributed by atoms with van der Waals surface area (Å²) < 4.78 is 0. The van der Waals surface area contributed by atoms with Crippen molar-refractivity contribution in [3.8, 4) is 0 Å². The van der Waals surface area contributed by atoms with Gasteiger partial charge in [0.2, 0.25) is 11.8 Å². The van der Waals surface area contributed by atoms with E-state index in [2.05, 4.69) is 10.6 Å². The highest BCUT2D eigenvalue weighted by Crippen LogP contribution is 2.05. The molecular weight excluding hydrogens is 242 g/mol. The molecule has 0 aromatic heterocycles. The Hall–Kier alpha value is -1.10. The smallest absolute Gasteiger partial charge is 0.242 e. The maximum Gasteiger partial charge on any atom is 0.242 e. The monoisotopic (exact) mass is 271 g/mol. The van der Waals surface area contributed by atoms with Gasteiger partial charge in [-0.1, -0.05) is 27.7 Å². The lowest BCUT2D eigenvalue weighted by Gasteiger charge is -2.22. The lowest BCUT2D eigenvalue weighted by atomic mass is 10.0. The second-order valence-electron chi connectivity index (χ2n) is 5.94. The molecule has 0 rings (SSSR count). The third-order valence-corrected chi connectivity index (χ3v) is 2.76. The molecule has 5 nitrogen and oxygen atoms in total. The first-order chi connectivity index (χ1) is 8.73. The van der Waals surface area contributed by atoms with E-state index in [0.717, 1.165) is 6.42 Å². The van der Waals surface area contributed by atoms with Gasteiger partial charge < -0.3 is 16.4 Å². The van der Waals surface area contributed by atoms with E-state index in [1.807, 2.05) is 34.6 Å². The zero-order valence-corrected chi connectivity index (χ0v) is 12.8. The summed E-state index contributed by atoms with van der Waals surface area (Å²) in [5, 5.41) is 5.62. The maximum absolute atomic E-state index is 12.0. The molecule has 0 bridgehead atoms. The molecule has 0 aliphatic rings. The standard InChI is InChI=1S/C14H29N3O2/c1-9(2)8-12(18)17-13(10(3)4)14(19)16-7-6-11(5)15/h9-11,13H,6-8,15H2,1-5H3,(H,16,19)(H,17,18). The van der Waals surface area contributed by atoms with E-state index in [1.54, 1.807) is 0 Å². The minimum atomic E-state index is -0.473. The highest BCUT2D eigenvalue weighted by Gasteiger charge is 2.23. The van der Waals surface area contributed by atoms with Gasteiger partial charge in [0.05, 0.1) is 0 Å². The van der Waals surface area contributed by atoms with Crippen LogP contribution in [0.4, 0.5) is 0 Å². The second kappa shape index (κ2) is 8.91. The Morgan fingerprint density at radius 1 is 1.11 bits per heavy atom. The minimum absolute atomic E-state index is 0.0615. The van der Waals surface area contributed by atoms with Gasteiger partial charge >= 0.3 is 0 Å². The predicted octanol–water partition coefficient (Wildman–Crippen LogP) is 1.03. The summed E-state index contributed by atoms with van der Waals surface area (Å²) in [6.45, 7) is 10.2. The molecule has 0 saturated heterocycles. The van der Waals surface area contributed by atoms with Gasteiger partial charge in [-0.2, -0.15) is 0 Å². The molecule has 2 amide bonds. The topological polar surface area (TPSA) is 84.2 Å². The maximum atomic E-state index is 12.0. The lowest BCUT2D eigenvalue weighted by Crippen LogP contribution is -2.50. The van der Waals surface area contributed by atoms with E-state index in [-0.39, 0.29) is 29.7 Å². The molecule has 0 aliphatic carbocycles. The van der Waals surface area contributed by atoms with Crippen LogP contribution in [-0.4, -0.2) is 30.4 Å². The second-order valence-corrected chi connectivity index (χ2v) is 5.94. The fourth-order valence-electron chi connectivity index (χ4n) is 1.67. The van der Waals surface area contributed by atoms with Crippen LogP contribution in [-0.2, 0) is 9.59 Å². The SMILES string of the molecule is CC(C)CC(=O)NC(C(=O)NCCC(C)N)C(C)C. The summed E-state index contributed by atoms with van der Waals surface area (Å²) in [5.41, 5.74) is 5.63. The fraction of sp³-hybridized carbons (Fsp3) is 0.857. The first kappa shape index (κ1) is 17.9. The van der Waals surface area contributed by atoms with Gasteiger partial charge in [0.25, 0.3) is 0 Å². The van der Waals surface area contributed by atoms with Gasteiger partial charge in [-0.3, -0.25) is 9.59 Å². The van der Waals surface area contributed by atoms with E-state index >= 15 is 0 Å². The van der Waals surface area contributed by atoms with Crippen LogP contribution in [0.15, 0.2) is 0 Å². The largest absolute Gasteiger partial charge is 0.354 e. The number of amides is 2. The molecule has 0 fully saturated rings. The van der Waals surface area contributed by atoms with Gasteiger partial charge in [0.1, 0.15) is 6.04 Å². The average molecular weight is 271 g/mol. The number of nitrogens with two attached hydrogens (primary N) is 1. The molecule has 2 atom stereocenters. The van der Waals surface area contributed by atoms with Crippen LogP contribution in [0.5, 0.6) is 0 Å². The van der Waals surface area contributed by atoms with Crippen molar-refractivity contribution < 1.29 is 9.59 Å². The van der Waals surface area contributed by atoms with Gasteiger partial charge in [-0.25, -0.2) is 0 Å². The number of hydrogen-bond donors (Lipinski definition) is 3. The van der Waals surface area contributed by atoms with Crippen LogP contribution in [0.2, 0.25) is 0 Å². The number of carbonyl (C=O) groups excluding carboxylic acids is 2. The molecule has 0 heterocycles. The molecule has 4 N–H and O–H groups in total. The number of carbonyl (C=O) groups is 2. The van der Waals surface area contributed by atoms with Crippen molar-refractivity contribution in [2.45, 2.75) is 59.5 Å². The normalized spacial score (nSPS) is 14.3. The van der Waals surface area contributed by atoms with Gasteiger partial charge in [-0.15, -0.1) is 0 Å². The van der Waals surface area contributed by atoms with Crippen molar-refractivity contribution in [3.63, 3.8) is 0 Å². The van der Waals surface area contributed by atoms with E-state index < -0.39 is 6.04 Å². The Balaban J connectivity index is 4.31. The summed E-state index contributed by atoms with van der Waals surface area (Å²) in [7, 11) is 0. The van der Waals surface area contributed by atoms with Crippen molar-refractivity contribution in [1.29, 1.82) is 0 Å². The van der Waals surface area contributed by atoms with E-state index in [4.69, 9.17) is 5.73 Å². The molecule has 0 saturated carbocycles. The zero-order valence-electron chi connectivity index (χ0n) is 12.8. The first-order valence-electron chi connectivity index (χ1n) is 7.06. The Labute approximate surface area is 116 Å². The molecular formula is C14H29N3O2. The average Bonchev–Trinajstić information content (AvgIpc) is 2.23. The van der Waals surface area contributed by atoms with Gasteiger partial charge in [0, 0.05) is 19.0 Å². The molecule has 2 unspecified atom stereocenters. The zero-order chi connectivity index (χ0) is 15.0. The van der Waals surface area contributed by atoms with Crippen molar-refractivity contribution in [2.24, 2.45) is 17.6 Å². The van der Waals surface area contributed by atoms with Crippen LogP contribution in [0, 0.1) is 11.8 Å². The Morgan fingerprint density at radius 3 is 2.11 bits per heavy atom. The molecule has 0 aliphatic heterocycles. The Morgan fingerprint density at radius 2 is 1.68 bits per heavy atom. The quantitative estimate of drug-likeness (QED) is 0.616. The van der Waals surface area contributed by atoms with Crippen LogP contribution < -0.4 is 16.4 Å². The molecule has 0 radical (unpaired) electrons. The van der Waals surface area contributed by atoms with Gasteiger partial charge in [0.15, 0.2) is 0 Å². The fourth-order valence-corrected chi connectivity index (χ4v) is 1.67. The molecule has 5 heteroatoms. The first-order valence-corrected chi connectivity index (χ1v) is 7.06. The third-order valence-electron chi connectivity index (χ3n) is 2.76. The van der Waals surface area contributed by atoms with Crippen molar-refractivity contribution >= 4 is 11.8 Å². The summed E-state index contributed by atoms with van der Waals surface area (Å²) in [4.78, 5) is 23.8. The molecule has 112 valence electrons. The van der Waals surface area contributed by atoms with Crippen LogP contribution in [0.3, 0.4) is 0 Å². The molecule has 0 spiro atoms. The lowest BCUT2D eigenvalue weighted by molar-refractivity contribution is -0.130. The number of rotatable bonds is 8. The molecule has 0 aromatic carbocycles. The van der Waals surface area contributed by atoms with Crippen molar-refractivity contribution in [2.75, 3.05) is 6.54 Å². The van der Waals surface area contributed by atoms with E-state index in [0.29, 0.717) is 13.0 Å². The Bertz CT molecular complexity index is 288. The van der Waals surface area contributed by atoms with Crippen molar-refractivity contribution in [3.05, 3.63) is 0 Å². The summed E-state index contributed by atoms with van der Waals surface area (Å²) in [6, 6.07) is -0.410. The molecule has 19 heavy (non-hydrogen) atoms. The van der Waals surface area contributed by atoms with E-state index in [1.165, 1.54) is 0 Å².